The van der Waals surface area contributed by atoms with Crippen LogP contribution in [0.5, 0.6) is 0 Å². The predicted octanol–water partition coefficient (Wildman–Crippen LogP) is 3.84. The van der Waals surface area contributed by atoms with Crippen LogP contribution in [0.2, 0.25) is 0 Å². The summed E-state index contributed by atoms with van der Waals surface area (Å²) < 4.78 is 0. The van der Waals surface area contributed by atoms with E-state index in [1.165, 1.54) is 19.3 Å². The predicted molar refractivity (Wildman–Crippen MR) is 56.6 cm³/mol. The molecule has 0 aliphatic carbocycles. The molecule has 0 aromatic heterocycles. The Morgan fingerprint density at radius 2 is 1.69 bits per heavy atom. The van der Waals surface area contributed by atoms with Crippen LogP contribution in [0.3, 0.4) is 0 Å². The van der Waals surface area contributed by atoms with E-state index >= 15 is 0 Å². The van der Waals surface area contributed by atoms with Crippen LogP contribution in [0, 0.1) is 11.3 Å². The largest absolute Gasteiger partial charge is 0.665 e. The fourth-order valence-corrected chi connectivity index (χ4v) is 1.22. The van der Waals surface area contributed by atoms with Gasteiger partial charge in [0.15, 0.2) is 0 Å². The van der Waals surface area contributed by atoms with Gasteiger partial charge in [-0.2, -0.15) is 7.05 Å². The van der Waals surface area contributed by atoms with Gasteiger partial charge in [-0.25, -0.2) is 0 Å². The molecule has 0 spiro atoms. The molecule has 0 heterocycles. The van der Waals surface area contributed by atoms with E-state index in [1.807, 2.05) is 7.05 Å². The molecule has 0 aliphatic heterocycles. The van der Waals surface area contributed by atoms with Crippen LogP contribution in [-0.2, 0) is 18.6 Å². The van der Waals surface area contributed by atoms with Gasteiger partial charge in [-0.1, -0.05) is 40.5 Å². The summed E-state index contributed by atoms with van der Waals surface area (Å²) in [6.45, 7) is 10.3. The van der Waals surface area contributed by atoms with E-state index in [0.29, 0.717) is 5.41 Å². The molecular formula is C11H24NV-. The topological polar surface area (TPSA) is 14.1 Å². The Bertz CT molecular complexity index is 111. The number of hydrogen-bond donors (Lipinski definition) is 0. The smallest absolute Gasteiger partial charge is 0 e. The minimum Gasteiger partial charge on any atom is -0.665 e. The summed E-state index contributed by atoms with van der Waals surface area (Å²) in [5.74, 6) is 0.836. The van der Waals surface area contributed by atoms with Crippen LogP contribution >= 0.6 is 0 Å². The molecule has 0 atom stereocenters. The summed E-state index contributed by atoms with van der Waals surface area (Å²) in [5, 5.41) is 4.15. The van der Waals surface area contributed by atoms with E-state index < -0.39 is 0 Å². The van der Waals surface area contributed by atoms with E-state index in [4.69, 9.17) is 0 Å². The van der Waals surface area contributed by atoms with Gasteiger partial charge in [0.05, 0.1) is 0 Å². The second-order valence-corrected chi connectivity index (χ2v) is 4.89. The first-order valence-corrected chi connectivity index (χ1v) is 5.03. The van der Waals surface area contributed by atoms with Gasteiger partial charge >= 0.3 is 0 Å². The Balaban J connectivity index is 0. The number of hydrogen-bond acceptors (Lipinski definition) is 0. The van der Waals surface area contributed by atoms with Crippen molar-refractivity contribution in [2.45, 2.75) is 47.0 Å². The third-order valence-electron chi connectivity index (χ3n) is 2.41. The van der Waals surface area contributed by atoms with Gasteiger partial charge < -0.3 is 5.32 Å². The van der Waals surface area contributed by atoms with Crippen molar-refractivity contribution >= 4 is 0 Å². The minimum atomic E-state index is 0. The molecule has 0 fully saturated rings. The summed E-state index contributed by atoms with van der Waals surface area (Å²) in [7, 11) is 1.90. The van der Waals surface area contributed by atoms with Crippen molar-refractivity contribution in [3.63, 3.8) is 0 Å². The van der Waals surface area contributed by atoms with E-state index in [9.17, 15) is 0 Å². The maximum absolute atomic E-state index is 4.15. The van der Waals surface area contributed by atoms with Crippen molar-refractivity contribution in [2.75, 3.05) is 13.6 Å². The zero-order chi connectivity index (χ0) is 9.61. The molecule has 0 aromatic rings. The van der Waals surface area contributed by atoms with Gasteiger partial charge in [0.1, 0.15) is 0 Å². The Morgan fingerprint density at radius 3 is 2.08 bits per heavy atom. The van der Waals surface area contributed by atoms with Gasteiger partial charge in [0, 0.05) is 18.6 Å². The zero-order valence-corrected chi connectivity index (χ0v) is 11.2. The van der Waals surface area contributed by atoms with Crippen LogP contribution in [0.1, 0.15) is 47.0 Å². The van der Waals surface area contributed by atoms with Gasteiger partial charge in [-0.05, 0) is 17.8 Å². The fourth-order valence-electron chi connectivity index (χ4n) is 1.22. The quantitative estimate of drug-likeness (QED) is 0.647. The van der Waals surface area contributed by atoms with Gasteiger partial charge in [-0.15, -0.1) is 6.54 Å². The minimum absolute atomic E-state index is 0. The molecular weight excluding hydrogens is 197 g/mol. The standard InChI is InChI=1S/C11H24N.V/c1-10(2)6-7-11(3,4)8-9-12-5;/h10H,6-9H2,1-5H3;/q-1;. The van der Waals surface area contributed by atoms with Gasteiger partial charge in [-0.3, -0.25) is 0 Å². The molecule has 0 bridgehead atoms. The molecule has 0 aromatic carbocycles. The van der Waals surface area contributed by atoms with Crippen molar-refractivity contribution in [1.82, 2.24) is 0 Å². The molecule has 0 amide bonds. The molecule has 0 rings (SSSR count). The number of nitrogens with zero attached hydrogens (tertiary/aromatic N) is 1. The summed E-state index contributed by atoms with van der Waals surface area (Å²) in [6.07, 6.45) is 3.91. The van der Waals surface area contributed by atoms with Crippen LogP contribution in [0.15, 0.2) is 0 Å². The van der Waals surface area contributed by atoms with Gasteiger partial charge in [0.2, 0.25) is 0 Å². The molecule has 1 nitrogen and oxygen atoms in total. The Kier molecular flexibility index (Phi) is 9.72. The van der Waals surface area contributed by atoms with Crippen LogP contribution in [-0.4, -0.2) is 13.6 Å². The Hall–Kier alpha value is 0.544. The molecule has 13 heavy (non-hydrogen) atoms. The third kappa shape index (κ3) is 10.5. The first-order chi connectivity index (χ1) is 5.48. The molecule has 2 heteroatoms. The Labute approximate surface area is 95.9 Å². The fraction of sp³-hybridized carbons (Fsp3) is 1.00. The van der Waals surface area contributed by atoms with Crippen molar-refractivity contribution in [2.24, 2.45) is 11.3 Å². The zero-order valence-electron chi connectivity index (χ0n) is 9.80. The molecule has 0 saturated carbocycles. The van der Waals surface area contributed by atoms with Crippen molar-refractivity contribution < 1.29 is 18.6 Å². The molecule has 0 saturated heterocycles. The summed E-state index contributed by atoms with van der Waals surface area (Å²) in [6, 6.07) is 0. The Morgan fingerprint density at radius 1 is 1.15 bits per heavy atom. The summed E-state index contributed by atoms with van der Waals surface area (Å²) in [5.41, 5.74) is 0.490. The first-order valence-electron chi connectivity index (χ1n) is 5.03. The monoisotopic (exact) mass is 221 g/mol. The van der Waals surface area contributed by atoms with Crippen LogP contribution in [0.4, 0.5) is 0 Å². The van der Waals surface area contributed by atoms with E-state index in [0.717, 1.165) is 12.5 Å². The third-order valence-corrected chi connectivity index (χ3v) is 2.41. The SMILES string of the molecule is C[N-]CCC(C)(C)CCC(C)C.[V]. The molecule has 1 radical (unpaired) electrons. The van der Waals surface area contributed by atoms with E-state index in [1.54, 1.807) is 0 Å². The normalized spacial score (nSPS) is 11.5. The molecule has 79 valence electrons. The summed E-state index contributed by atoms with van der Waals surface area (Å²) >= 11 is 0. The van der Waals surface area contributed by atoms with Crippen molar-refractivity contribution in [3.8, 4) is 0 Å². The first kappa shape index (κ1) is 16.0. The van der Waals surface area contributed by atoms with Crippen molar-refractivity contribution in [3.05, 3.63) is 5.32 Å². The molecule has 0 aliphatic rings. The molecule has 0 unspecified atom stereocenters. The second kappa shape index (κ2) is 7.90. The van der Waals surface area contributed by atoms with E-state index in [2.05, 4.69) is 33.0 Å². The van der Waals surface area contributed by atoms with Crippen LogP contribution < -0.4 is 0 Å². The number of rotatable bonds is 6. The maximum Gasteiger partial charge on any atom is 0 e. The molecule has 0 N–H and O–H groups in total. The maximum atomic E-state index is 4.15. The van der Waals surface area contributed by atoms with Crippen LogP contribution in [0.25, 0.3) is 5.32 Å². The van der Waals surface area contributed by atoms with Crippen molar-refractivity contribution in [1.29, 1.82) is 0 Å². The average molecular weight is 221 g/mol. The van der Waals surface area contributed by atoms with E-state index in [-0.39, 0.29) is 18.6 Å². The van der Waals surface area contributed by atoms with Gasteiger partial charge in [0.25, 0.3) is 0 Å². The second-order valence-electron chi connectivity index (χ2n) is 4.89. The average Bonchev–Trinajstić information content (AvgIpc) is 1.98. The summed E-state index contributed by atoms with van der Waals surface area (Å²) in [4.78, 5) is 0.